The largest absolute Gasteiger partial charge is 0.365 e. The monoisotopic (exact) mass is 279 g/mol. The minimum atomic E-state index is -0.674. The highest BCUT2D eigenvalue weighted by atomic mass is 35.5. The molecule has 2 aromatic rings. The molecule has 0 saturated heterocycles. The highest BCUT2D eigenvalue weighted by Gasteiger charge is 2.16. The SMILES string of the molecule is Cn1cc(C(N)=O)c(NC(=O)c2ccc(Cl)cn2)n1. The van der Waals surface area contributed by atoms with Crippen LogP contribution >= 0.6 is 11.6 Å². The Morgan fingerprint density at radius 2 is 2.16 bits per heavy atom. The summed E-state index contributed by atoms with van der Waals surface area (Å²) in [6, 6.07) is 3.00. The molecule has 19 heavy (non-hydrogen) atoms. The third-order valence-corrected chi connectivity index (χ3v) is 2.51. The first-order valence-electron chi connectivity index (χ1n) is 5.23. The summed E-state index contributed by atoms with van der Waals surface area (Å²) in [6.07, 6.45) is 2.77. The molecular weight excluding hydrogens is 270 g/mol. The molecule has 2 amide bonds. The Labute approximate surface area is 113 Å². The lowest BCUT2D eigenvalue weighted by Crippen LogP contribution is -2.18. The molecule has 2 heterocycles. The molecule has 0 atom stereocenters. The Balaban J connectivity index is 2.24. The lowest BCUT2D eigenvalue weighted by Gasteiger charge is -2.02. The fourth-order valence-corrected chi connectivity index (χ4v) is 1.55. The van der Waals surface area contributed by atoms with Crippen molar-refractivity contribution in [1.29, 1.82) is 0 Å². The van der Waals surface area contributed by atoms with Crippen molar-refractivity contribution in [2.75, 3.05) is 5.32 Å². The molecule has 2 aromatic heterocycles. The van der Waals surface area contributed by atoms with E-state index in [1.165, 1.54) is 29.2 Å². The van der Waals surface area contributed by atoms with Crippen molar-refractivity contribution in [3.05, 3.63) is 40.8 Å². The normalized spacial score (nSPS) is 10.2. The number of halogens is 1. The summed E-state index contributed by atoms with van der Waals surface area (Å²) in [7, 11) is 1.61. The maximum absolute atomic E-state index is 11.9. The summed E-state index contributed by atoms with van der Waals surface area (Å²) >= 11 is 5.68. The van der Waals surface area contributed by atoms with E-state index in [1.807, 2.05) is 0 Å². The van der Waals surface area contributed by atoms with E-state index in [4.69, 9.17) is 17.3 Å². The standard InChI is InChI=1S/C11H10ClN5O2/c1-17-5-7(9(13)18)10(16-17)15-11(19)8-3-2-6(12)4-14-8/h2-5H,1H3,(H2,13,18)(H,15,16,19). The smallest absolute Gasteiger partial charge is 0.275 e. The van der Waals surface area contributed by atoms with Crippen molar-refractivity contribution in [3.63, 3.8) is 0 Å². The summed E-state index contributed by atoms with van der Waals surface area (Å²) in [4.78, 5) is 26.9. The summed E-state index contributed by atoms with van der Waals surface area (Å²) in [5, 5.41) is 6.84. The predicted octanol–water partition coefficient (Wildman–Crippen LogP) is 0.820. The Bertz CT molecular complexity index is 635. The number of nitrogens with one attached hydrogen (secondary N) is 1. The Hall–Kier alpha value is -2.41. The Morgan fingerprint density at radius 1 is 1.42 bits per heavy atom. The second kappa shape index (κ2) is 5.07. The van der Waals surface area contributed by atoms with Gasteiger partial charge in [-0.05, 0) is 12.1 Å². The fraction of sp³-hybridized carbons (Fsp3) is 0.0909. The van der Waals surface area contributed by atoms with E-state index >= 15 is 0 Å². The summed E-state index contributed by atoms with van der Waals surface area (Å²) in [6.45, 7) is 0. The number of aryl methyl sites for hydroxylation is 1. The molecule has 0 fully saturated rings. The maximum Gasteiger partial charge on any atom is 0.275 e. The molecule has 0 aliphatic heterocycles. The van der Waals surface area contributed by atoms with Gasteiger partial charge < -0.3 is 11.1 Å². The average molecular weight is 280 g/mol. The first-order valence-corrected chi connectivity index (χ1v) is 5.61. The van der Waals surface area contributed by atoms with E-state index in [0.717, 1.165) is 0 Å². The summed E-state index contributed by atoms with van der Waals surface area (Å²) < 4.78 is 1.38. The zero-order valence-corrected chi connectivity index (χ0v) is 10.7. The molecule has 0 aliphatic rings. The van der Waals surface area contributed by atoms with Gasteiger partial charge in [0.25, 0.3) is 11.8 Å². The highest BCUT2D eigenvalue weighted by molar-refractivity contribution is 6.30. The van der Waals surface area contributed by atoms with Gasteiger partial charge in [0.15, 0.2) is 5.82 Å². The van der Waals surface area contributed by atoms with Gasteiger partial charge in [-0.2, -0.15) is 5.10 Å². The van der Waals surface area contributed by atoms with Crippen LogP contribution in [0.4, 0.5) is 5.82 Å². The van der Waals surface area contributed by atoms with Gasteiger partial charge in [0, 0.05) is 19.4 Å². The lowest BCUT2D eigenvalue weighted by atomic mass is 10.3. The van der Waals surface area contributed by atoms with Crippen molar-refractivity contribution >= 4 is 29.2 Å². The minimum absolute atomic E-state index is 0.0942. The number of anilines is 1. The third-order valence-electron chi connectivity index (χ3n) is 2.29. The molecule has 0 bridgehead atoms. The first kappa shape index (κ1) is 13.0. The first-order chi connectivity index (χ1) is 8.97. The number of hydrogen-bond acceptors (Lipinski definition) is 4. The van der Waals surface area contributed by atoms with E-state index in [1.54, 1.807) is 7.05 Å². The van der Waals surface area contributed by atoms with Gasteiger partial charge in [0.05, 0.1) is 5.02 Å². The molecule has 0 aliphatic carbocycles. The molecule has 0 spiro atoms. The van der Waals surface area contributed by atoms with Crippen molar-refractivity contribution in [2.24, 2.45) is 12.8 Å². The maximum atomic E-state index is 11.9. The van der Waals surface area contributed by atoms with Crippen molar-refractivity contribution in [2.45, 2.75) is 0 Å². The topological polar surface area (TPSA) is 103 Å². The number of primary amides is 1. The molecule has 8 heteroatoms. The van der Waals surface area contributed by atoms with Crippen LogP contribution in [0.1, 0.15) is 20.8 Å². The highest BCUT2D eigenvalue weighted by Crippen LogP contribution is 2.13. The second-order valence-electron chi connectivity index (χ2n) is 3.75. The van der Waals surface area contributed by atoms with Crippen LogP contribution in [0, 0.1) is 0 Å². The number of aromatic nitrogens is 3. The quantitative estimate of drug-likeness (QED) is 0.868. The summed E-state index contributed by atoms with van der Waals surface area (Å²) in [5.74, 6) is -1.08. The Morgan fingerprint density at radius 3 is 2.74 bits per heavy atom. The van der Waals surface area contributed by atoms with Gasteiger partial charge in [0.2, 0.25) is 0 Å². The van der Waals surface area contributed by atoms with Crippen LogP contribution in [-0.2, 0) is 7.05 Å². The van der Waals surface area contributed by atoms with Gasteiger partial charge in [-0.3, -0.25) is 14.3 Å². The Kier molecular flexibility index (Phi) is 3.48. The molecule has 98 valence electrons. The summed E-state index contributed by atoms with van der Waals surface area (Å²) in [5.41, 5.74) is 5.47. The van der Waals surface area contributed by atoms with E-state index in [0.29, 0.717) is 5.02 Å². The molecule has 7 nitrogen and oxygen atoms in total. The van der Waals surface area contributed by atoms with Crippen LogP contribution in [0.3, 0.4) is 0 Å². The molecule has 0 radical (unpaired) electrons. The predicted molar refractivity (Wildman–Crippen MR) is 68.9 cm³/mol. The van der Waals surface area contributed by atoms with Gasteiger partial charge in [-0.25, -0.2) is 4.98 Å². The number of pyridine rings is 1. The van der Waals surface area contributed by atoms with Gasteiger partial charge in [-0.1, -0.05) is 11.6 Å². The van der Waals surface area contributed by atoms with E-state index < -0.39 is 11.8 Å². The van der Waals surface area contributed by atoms with Crippen molar-refractivity contribution < 1.29 is 9.59 Å². The molecule has 2 rings (SSSR count). The number of hydrogen-bond donors (Lipinski definition) is 2. The zero-order valence-electron chi connectivity index (χ0n) is 9.92. The van der Waals surface area contributed by atoms with Crippen molar-refractivity contribution in [3.8, 4) is 0 Å². The molecule has 0 saturated carbocycles. The van der Waals surface area contributed by atoms with Crippen LogP contribution in [0.2, 0.25) is 5.02 Å². The molecule has 0 aromatic carbocycles. The molecule has 0 unspecified atom stereocenters. The van der Waals surface area contributed by atoms with Crippen LogP contribution in [0.15, 0.2) is 24.5 Å². The van der Waals surface area contributed by atoms with Gasteiger partial charge in [0.1, 0.15) is 11.3 Å². The molecular formula is C11H10ClN5O2. The van der Waals surface area contributed by atoms with Crippen LogP contribution in [0.25, 0.3) is 0 Å². The number of amides is 2. The number of nitrogens with two attached hydrogens (primary N) is 1. The van der Waals surface area contributed by atoms with E-state index in [2.05, 4.69) is 15.4 Å². The van der Waals surface area contributed by atoms with Crippen LogP contribution in [0.5, 0.6) is 0 Å². The number of carbonyl (C=O) groups excluding carboxylic acids is 2. The van der Waals surface area contributed by atoms with E-state index in [-0.39, 0.29) is 17.1 Å². The second-order valence-corrected chi connectivity index (χ2v) is 4.18. The average Bonchev–Trinajstić information content (AvgIpc) is 2.71. The number of nitrogens with zero attached hydrogens (tertiary/aromatic N) is 3. The van der Waals surface area contributed by atoms with Crippen LogP contribution < -0.4 is 11.1 Å². The van der Waals surface area contributed by atoms with E-state index in [9.17, 15) is 9.59 Å². The third kappa shape index (κ3) is 2.89. The number of rotatable bonds is 3. The fourth-order valence-electron chi connectivity index (χ4n) is 1.44. The van der Waals surface area contributed by atoms with Crippen LogP contribution in [-0.4, -0.2) is 26.6 Å². The molecule has 3 N–H and O–H groups in total. The van der Waals surface area contributed by atoms with Crippen molar-refractivity contribution in [1.82, 2.24) is 14.8 Å². The number of carbonyl (C=O) groups is 2. The lowest BCUT2D eigenvalue weighted by molar-refractivity contribution is 0.100. The van der Waals surface area contributed by atoms with Gasteiger partial charge >= 0.3 is 0 Å². The van der Waals surface area contributed by atoms with Gasteiger partial charge in [-0.15, -0.1) is 0 Å². The zero-order chi connectivity index (χ0) is 14.0. The minimum Gasteiger partial charge on any atom is -0.365 e.